The molecule has 0 atom stereocenters. The van der Waals surface area contributed by atoms with Gasteiger partial charge in [0, 0.05) is 55.6 Å². The number of ether oxygens (including phenoxy) is 3. The van der Waals surface area contributed by atoms with E-state index >= 15 is 0 Å². The van der Waals surface area contributed by atoms with Gasteiger partial charge in [0.15, 0.2) is 11.5 Å². The molecule has 2 rings (SSSR count). The first-order chi connectivity index (χ1) is 20.3. The summed E-state index contributed by atoms with van der Waals surface area (Å²) in [4.78, 5) is 12.3. The topological polar surface area (TPSA) is 104 Å². The number of anilines is 1. The highest BCUT2D eigenvalue weighted by atomic mass is 32.2. The molecule has 9 nitrogen and oxygen atoms in total. The number of aliphatic hydroxyl groups is 1. The third kappa shape index (κ3) is 18.0. The van der Waals surface area contributed by atoms with Gasteiger partial charge in [-0.2, -0.15) is 0 Å². The number of urea groups is 1. The van der Waals surface area contributed by atoms with Gasteiger partial charge in [0.25, 0.3) is 0 Å². The minimum atomic E-state index is -0.299. The third-order valence-corrected chi connectivity index (χ3v) is 6.72. The fraction of sp³-hybridized carbons (Fsp3) is 0.594. The number of unbranched alkanes of at least 4 members (excludes halogenated alkanes) is 3. The lowest BCUT2D eigenvalue weighted by Gasteiger charge is -2.16. The Hall–Kier alpha value is -2.66. The number of benzene rings is 2. The lowest BCUT2D eigenvalue weighted by atomic mass is 10.1. The second-order valence-corrected chi connectivity index (χ2v) is 10.4. The maximum absolute atomic E-state index is 12.3. The van der Waals surface area contributed by atoms with Crippen LogP contribution in [0.3, 0.4) is 0 Å². The lowest BCUT2D eigenvalue weighted by molar-refractivity contribution is 0.251. The zero-order chi connectivity index (χ0) is 31.6. The molecule has 0 aliphatic carbocycles. The highest BCUT2D eigenvalue weighted by Crippen LogP contribution is 2.30. The van der Waals surface area contributed by atoms with Gasteiger partial charge in [0.1, 0.15) is 5.75 Å². The highest BCUT2D eigenvalue weighted by Gasteiger charge is 2.10. The Bertz CT molecular complexity index is 964. The molecular formula is C32H56N4O5S. The van der Waals surface area contributed by atoms with E-state index in [0.29, 0.717) is 30.3 Å². The van der Waals surface area contributed by atoms with Crippen LogP contribution in [0.4, 0.5) is 10.5 Å². The quantitative estimate of drug-likeness (QED) is 0.111. The fourth-order valence-electron chi connectivity index (χ4n) is 3.46. The number of aryl methyl sites for hydroxylation is 1. The Morgan fingerprint density at radius 2 is 1.64 bits per heavy atom. The molecule has 10 heteroatoms. The van der Waals surface area contributed by atoms with E-state index in [1.54, 1.807) is 44.6 Å². The van der Waals surface area contributed by atoms with Gasteiger partial charge in [-0.05, 0) is 37.1 Å². The van der Waals surface area contributed by atoms with E-state index in [4.69, 9.17) is 19.3 Å². The summed E-state index contributed by atoms with van der Waals surface area (Å²) >= 11 is 1.57. The molecule has 0 spiro atoms. The van der Waals surface area contributed by atoms with Gasteiger partial charge in [0.2, 0.25) is 0 Å². The molecule has 2 aromatic rings. The second-order valence-electron chi connectivity index (χ2n) is 9.44. The summed E-state index contributed by atoms with van der Waals surface area (Å²) in [6, 6.07) is 11.0. The van der Waals surface area contributed by atoms with Gasteiger partial charge in [-0.3, -0.25) is 4.72 Å². The third-order valence-electron chi connectivity index (χ3n) is 5.60. The van der Waals surface area contributed by atoms with Crippen molar-refractivity contribution < 1.29 is 24.1 Å². The van der Waals surface area contributed by atoms with Gasteiger partial charge >= 0.3 is 6.03 Å². The number of methoxy groups -OCH3 is 2. The Morgan fingerprint density at radius 1 is 0.929 bits per heavy atom. The minimum absolute atomic E-state index is 0.228. The average Bonchev–Trinajstić information content (AvgIpc) is 2.99. The van der Waals surface area contributed by atoms with E-state index in [2.05, 4.69) is 54.3 Å². The van der Waals surface area contributed by atoms with Crippen LogP contribution in [0.15, 0.2) is 36.4 Å². The Labute approximate surface area is 259 Å². The Balaban J connectivity index is 0.00000108. The molecule has 0 heterocycles. The minimum Gasteiger partial charge on any atom is -0.496 e. The van der Waals surface area contributed by atoms with E-state index in [9.17, 15) is 4.79 Å². The molecule has 0 saturated heterocycles. The van der Waals surface area contributed by atoms with Gasteiger partial charge in [-0.1, -0.05) is 72.4 Å². The summed E-state index contributed by atoms with van der Waals surface area (Å²) in [6.45, 7) is 16.4. The van der Waals surface area contributed by atoms with Crippen LogP contribution in [0.5, 0.6) is 17.2 Å². The van der Waals surface area contributed by atoms with Crippen molar-refractivity contribution >= 4 is 23.9 Å². The van der Waals surface area contributed by atoms with Crippen LogP contribution in [0, 0.1) is 6.92 Å². The summed E-state index contributed by atoms with van der Waals surface area (Å²) in [6.07, 6.45) is 5.77. The molecule has 0 aliphatic rings. The van der Waals surface area contributed by atoms with Gasteiger partial charge in [0.05, 0.1) is 27.4 Å². The normalized spacial score (nSPS) is 10.1. The van der Waals surface area contributed by atoms with Crippen LogP contribution in [0.25, 0.3) is 0 Å². The molecule has 2 aromatic carbocycles. The number of rotatable bonds is 17. The molecule has 0 aliphatic heterocycles. The predicted molar refractivity (Wildman–Crippen MR) is 178 cm³/mol. The van der Waals surface area contributed by atoms with Crippen LogP contribution in [-0.2, 0) is 6.54 Å². The molecule has 2 amide bonds. The number of nitrogens with one attached hydrogen (secondary N) is 3. The van der Waals surface area contributed by atoms with E-state index in [1.807, 2.05) is 25.1 Å². The number of hydrogen-bond donors (Lipinski definition) is 4. The molecule has 4 N–H and O–H groups in total. The molecule has 0 fully saturated rings. The number of hydrogen-bond acceptors (Lipinski definition) is 8. The SMILES string of the molecule is CCC.CCCCCCOc1cc(NC(=O)NCc2ccc(C)cc2OC)ccc1OC.CCNSN(CC)CCO. The molecule has 42 heavy (non-hydrogen) atoms. The molecule has 0 radical (unpaired) electrons. The monoisotopic (exact) mass is 608 g/mol. The standard InChI is InChI=1S/C23H32N2O4.C6H16N2OS.C3H8/c1-5-6-7-8-13-29-22-15-19(11-12-20(22)27-3)25-23(26)24-16-18-10-9-17(2)14-21(18)28-4;1-3-7-10-8(4-2)5-6-9;1-3-2/h9-12,14-15H,5-8,13,16H2,1-4H3,(H2,24,25,26);7,9H,3-6H2,1-2H3;3H2,1-2H3. The maximum Gasteiger partial charge on any atom is 0.319 e. The summed E-state index contributed by atoms with van der Waals surface area (Å²) in [5.41, 5.74) is 2.66. The van der Waals surface area contributed by atoms with Crippen molar-refractivity contribution in [1.82, 2.24) is 14.3 Å². The lowest BCUT2D eigenvalue weighted by Crippen LogP contribution is -2.28. The largest absolute Gasteiger partial charge is 0.496 e. The van der Waals surface area contributed by atoms with Crippen molar-refractivity contribution in [3.8, 4) is 17.2 Å². The summed E-state index contributed by atoms with van der Waals surface area (Å²) in [7, 11) is 3.23. The first-order valence-electron chi connectivity index (χ1n) is 15.1. The fourth-order valence-corrected chi connectivity index (χ4v) is 4.08. The van der Waals surface area contributed by atoms with E-state index in [0.717, 1.165) is 49.4 Å². The van der Waals surface area contributed by atoms with Crippen molar-refractivity contribution in [2.45, 2.75) is 80.2 Å². The van der Waals surface area contributed by atoms with Crippen molar-refractivity contribution in [1.29, 1.82) is 0 Å². The second kappa shape index (κ2) is 26.0. The van der Waals surface area contributed by atoms with E-state index in [1.165, 1.54) is 19.3 Å². The van der Waals surface area contributed by atoms with Crippen LogP contribution >= 0.6 is 12.1 Å². The highest BCUT2D eigenvalue weighted by molar-refractivity contribution is 7.95. The molecule has 0 aromatic heterocycles. The molecule has 0 saturated carbocycles. The molecule has 0 unspecified atom stereocenters. The van der Waals surface area contributed by atoms with E-state index < -0.39 is 0 Å². The molecule has 240 valence electrons. The summed E-state index contributed by atoms with van der Waals surface area (Å²) in [5, 5.41) is 14.3. The molecular weight excluding hydrogens is 552 g/mol. The number of nitrogens with zero attached hydrogens (tertiary/aromatic N) is 1. The zero-order valence-electron chi connectivity index (χ0n) is 27.2. The van der Waals surface area contributed by atoms with Gasteiger partial charge in [-0.15, -0.1) is 0 Å². The Kier molecular flexibility index (Phi) is 24.4. The van der Waals surface area contributed by atoms with Crippen LogP contribution in [-0.4, -0.2) is 62.5 Å². The van der Waals surface area contributed by atoms with Crippen molar-refractivity contribution in [2.24, 2.45) is 0 Å². The first-order valence-corrected chi connectivity index (χ1v) is 15.9. The van der Waals surface area contributed by atoms with Gasteiger partial charge < -0.3 is 30.0 Å². The smallest absolute Gasteiger partial charge is 0.319 e. The first kappa shape index (κ1) is 39.3. The van der Waals surface area contributed by atoms with Crippen LogP contribution in [0.1, 0.15) is 77.8 Å². The molecule has 0 bridgehead atoms. The average molecular weight is 609 g/mol. The van der Waals surface area contributed by atoms with Crippen molar-refractivity contribution in [3.05, 3.63) is 47.5 Å². The summed E-state index contributed by atoms with van der Waals surface area (Å²) < 4.78 is 21.8. The van der Waals surface area contributed by atoms with Crippen LogP contribution in [0.2, 0.25) is 0 Å². The number of carbonyl (C=O) groups excluding carboxylic acids is 1. The predicted octanol–water partition coefficient (Wildman–Crippen LogP) is 7.18. The Morgan fingerprint density at radius 3 is 2.24 bits per heavy atom. The summed E-state index contributed by atoms with van der Waals surface area (Å²) in [5.74, 6) is 2.03. The van der Waals surface area contributed by atoms with Crippen LogP contribution < -0.4 is 29.6 Å². The number of carbonyl (C=O) groups is 1. The van der Waals surface area contributed by atoms with E-state index in [-0.39, 0.29) is 12.6 Å². The number of aliphatic hydroxyl groups excluding tert-OH is 1. The number of amides is 2. The number of likely N-dealkylation sites (N-methyl/N-ethyl adjacent to an activating group) is 1. The van der Waals surface area contributed by atoms with Crippen molar-refractivity contribution in [2.75, 3.05) is 52.4 Å². The van der Waals surface area contributed by atoms with Crippen molar-refractivity contribution in [3.63, 3.8) is 0 Å². The van der Waals surface area contributed by atoms with Gasteiger partial charge in [-0.25, -0.2) is 9.10 Å². The zero-order valence-corrected chi connectivity index (χ0v) is 28.0. The maximum atomic E-state index is 12.3.